The van der Waals surface area contributed by atoms with Crippen molar-refractivity contribution in [3.63, 3.8) is 0 Å². The third-order valence-electron chi connectivity index (χ3n) is 5.49. The summed E-state index contributed by atoms with van der Waals surface area (Å²) in [6.07, 6.45) is 0.790. The standard InChI is InChI=1S/C21H24ClN3O5S/c1-15-6-7-19(25(27)28)13-20(15)31(29,30)24-10-8-17(9-11-24)21(26)23(2)14-16-4-3-5-18(22)12-16/h3-7,12-13,17H,8-11,14H2,1-2H3. The van der Waals surface area contributed by atoms with Gasteiger partial charge in [0.15, 0.2) is 0 Å². The summed E-state index contributed by atoms with van der Waals surface area (Å²) in [7, 11) is -2.16. The fourth-order valence-electron chi connectivity index (χ4n) is 3.76. The van der Waals surface area contributed by atoms with Crippen LogP contribution in [-0.4, -0.2) is 48.6 Å². The maximum atomic E-state index is 13.1. The maximum Gasteiger partial charge on any atom is 0.270 e. The number of nitrogens with zero attached hydrogens (tertiary/aromatic N) is 3. The van der Waals surface area contributed by atoms with E-state index in [2.05, 4.69) is 0 Å². The van der Waals surface area contributed by atoms with Crippen LogP contribution in [-0.2, 0) is 21.4 Å². The number of amides is 1. The van der Waals surface area contributed by atoms with Crippen LogP contribution in [0.3, 0.4) is 0 Å². The average Bonchev–Trinajstić information content (AvgIpc) is 2.73. The van der Waals surface area contributed by atoms with Gasteiger partial charge in [-0.3, -0.25) is 14.9 Å². The van der Waals surface area contributed by atoms with Gasteiger partial charge in [-0.05, 0) is 43.0 Å². The maximum absolute atomic E-state index is 13.1. The van der Waals surface area contributed by atoms with Gasteiger partial charge in [-0.15, -0.1) is 0 Å². The van der Waals surface area contributed by atoms with Gasteiger partial charge in [-0.2, -0.15) is 4.31 Å². The monoisotopic (exact) mass is 465 g/mol. The fourth-order valence-corrected chi connectivity index (χ4v) is 5.69. The average molecular weight is 466 g/mol. The first kappa shape index (κ1) is 23.2. The van der Waals surface area contributed by atoms with E-state index < -0.39 is 14.9 Å². The van der Waals surface area contributed by atoms with Crippen molar-refractivity contribution in [3.8, 4) is 0 Å². The molecule has 0 radical (unpaired) electrons. The SMILES string of the molecule is Cc1ccc([N+](=O)[O-])cc1S(=O)(=O)N1CCC(C(=O)N(C)Cc2cccc(Cl)c2)CC1. The number of nitro groups is 1. The highest BCUT2D eigenvalue weighted by molar-refractivity contribution is 7.89. The van der Waals surface area contributed by atoms with Crippen LogP contribution in [0.2, 0.25) is 5.02 Å². The Morgan fingerprint density at radius 2 is 1.90 bits per heavy atom. The van der Waals surface area contributed by atoms with Gasteiger partial charge in [-0.25, -0.2) is 8.42 Å². The van der Waals surface area contributed by atoms with Crippen molar-refractivity contribution < 1.29 is 18.1 Å². The van der Waals surface area contributed by atoms with E-state index in [1.165, 1.54) is 16.4 Å². The van der Waals surface area contributed by atoms with E-state index in [0.717, 1.165) is 11.6 Å². The highest BCUT2D eigenvalue weighted by Gasteiger charge is 2.34. The molecule has 1 heterocycles. The molecule has 2 aromatic rings. The number of hydrogen-bond donors (Lipinski definition) is 0. The zero-order chi connectivity index (χ0) is 22.8. The Kier molecular flexibility index (Phi) is 6.98. The molecule has 2 aromatic carbocycles. The molecule has 0 aliphatic carbocycles. The summed E-state index contributed by atoms with van der Waals surface area (Å²) in [5.41, 5.74) is 1.10. The summed E-state index contributed by atoms with van der Waals surface area (Å²) in [5, 5.41) is 11.7. The van der Waals surface area contributed by atoms with Crippen LogP contribution in [0, 0.1) is 23.0 Å². The Morgan fingerprint density at radius 3 is 2.52 bits per heavy atom. The molecule has 1 saturated heterocycles. The minimum atomic E-state index is -3.88. The number of hydrogen-bond acceptors (Lipinski definition) is 5. The number of carbonyl (C=O) groups excluding carboxylic acids is 1. The highest BCUT2D eigenvalue weighted by atomic mass is 35.5. The predicted molar refractivity (Wildman–Crippen MR) is 117 cm³/mol. The van der Waals surface area contributed by atoms with E-state index in [1.807, 2.05) is 18.2 Å². The van der Waals surface area contributed by atoms with Gasteiger partial charge < -0.3 is 4.90 Å². The van der Waals surface area contributed by atoms with E-state index in [9.17, 15) is 23.3 Å². The molecule has 10 heteroatoms. The Balaban J connectivity index is 1.66. The Labute approximate surface area is 186 Å². The van der Waals surface area contributed by atoms with Crippen molar-refractivity contribution in [2.45, 2.75) is 31.2 Å². The Morgan fingerprint density at radius 1 is 1.23 bits per heavy atom. The van der Waals surface area contributed by atoms with Crippen LogP contribution in [0.25, 0.3) is 0 Å². The van der Waals surface area contributed by atoms with E-state index in [0.29, 0.717) is 30.0 Å². The number of carbonyl (C=O) groups is 1. The van der Waals surface area contributed by atoms with Gasteiger partial charge >= 0.3 is 0 Å². The minimum Gasteiger partial charge on any atom is -0.341 e. The molecule has 0 unspecified atom stereocenters. The zero-order valence-corrected chi connectivity index (χ0v) is 18.9. The molecule has 0 atom stereocenters. The second-order valence-electron chi connectivity index (χ2n) is 7.71. The molecule has 1 aliphatic rings. The van der Waals surface area contributed by atoms with Gasteiger partial charge in [0.2, 0.25) is 15.9 Å². The number of nitro benzene ring substituents is 1. The Hall–Kier alpha value is -2.49. The molecule has 8 nitrogen and oxygen atoms in total. The first-order valence-electron chi connectivity index (χ1n) is 9.84. The first-order chi connectivity index (χ1) is 14.6. The van der Waals surface area contributed by atoms with Gasteiger partial charge in [0.25, 0.3) is 5.69 Å². The summed E-state index contributed by atoms with van der Waals surface area (Å²) >= 11 is 6.00. The number of aryl methyl sites for hydroxylation is 1. The predicted octanol–water partition coefficient (Wildman–Crippen LogP) is 3.62. The summed E-state index contributed by atoms with van der Waals surface area (Å²) < 4.78 is 27.4. The molecule has 3 rings (SSSR count). The van der Waals surface area contributed by atoms with Crippen molar-refractivity contribution in [3.05, 3.63) is 68.7 Å². The van der Waals surface area contributed by atoms with Crippen molar-refractivity contribution >= 4 is 33.2 Å². The molecule has 0 aromatic heterocycles. The van der Waals surface area contributed by atoms with Crippen LogP contribution < -0.4 is 0 Å². The molecule has 0 bridgehead atoms. The summed E-state index contributed by atoms with van der Waals surface area (Å²) in [6.45, 7) is 2.40. The third-order valence-corrected chi connectivity index (χ3v) is 7.76. The molecular weight excluding hydrogens is 442 g/mol. The van der Waals surface area contributed by atoms with Gasteiger partial charge in [0, 0.05) is 49.8 Å². The lowest BCUT2D eigenvalue weighted by Gasteiger charge is -2.32. The first-order valence-corrected chi connectivity index (χ1v) is 11.7. The largest absolute Gasteiger partial charge is 0.341 e. The topological polar surface area (TPSA) is 101 Å². The van der Waals surface area contributed by atoms with Crippen LogP contribution in [0.4, 0.5) is 5.69 Å². The fraction of sp³-hybridized carbons (Fsp3) is 0.381. The normalized spacial score (nSPS) is 15.6. The van der Waals surface area contributed by atoms with E-state index in [1.54, 1.807) is 24.9 Å². The van der Waals surface area contributed by atoms with E-state index in [-0.39, 0.29) is 35.5 Å². The number of rotatable bonds is 6. The second-order valence-corrected chi connectivity index (χ2v) is 10.1. The number of piperidine rings is 1. The molecule has 31 heavy (non-hydrogen) atoms. The van der Waals surface area contributed by atoms with Crippen LogP contribution in [0.15, 0.2) is 47.4 Å². The molecule has 166 valence electrons. The van der Waals surface area contributed by atoms with Crippen molar-refractivity contribution in [1.82, 2.24) is 9.21 Å². The molecule has 1 aliphatic heterocycles. The highest BCUT2D eigenvalue weighted by Crippen LogP contribution is 2.29. The third kappa shape index (κ3) is 5.23. The summed E-state index contributed by atoms with van der Waals surface area (Å²) in [4.78, 5) is 24.8. The van der Waals surface area contributed by atoms with Crippen molar-refractivity contribution in [1.29, 1.82) is 0 Å². The van der Waals surface area contributed by atoms with Crippen LogP contribution >= 0.6 is 11.6 Å². The van der Waals surface area contributed by atoms with Crippen molar-refractivity contribution in [2.24, 2.45) is 5.92 Å². The molecule has 0 spiro atoms. The van der Waals surface area contributed by atoms with E-state index in [4.69, 9.17) is 11.6 Å². The van der Waals surface area contributed by atoms with E-state index >= 15 is 0 Å². The molecule has 1 fully saturated rings. The molecule has 0 N–H and O–H groups in total. The zero-order valence-electron chi connectivity index (χ0n) is 17.3. The second kappa shape index (κ2) is 9.33. The number of sulfonamides is 1. The van der Waals surface area contributed by atoms with Gasteiger partial charge in [-0.1, -0.05) is 29.8 Å². The quantitative estimate of drug-likeness (QED) is 0.479. The molecule has 0 saturated carbocycles. The molecular formula is C21H24ClN3O5S. The number of benzene rings is 2. The Bertz CT molecular complexity index is 1100. The lowest BCUT2D eigenvalue weighted by Crippen LogP contribution is -2.43. The smallest absolute Gasteiger partial charge is 0.270 e. The minimum absolute atomic E-state index is 0.0384. The number of halogens is 1. The van der Waals surface area contributed by atoms with Crippen LogP contribution in [0.1, 0.15) is 24.0 Å². The summed E-state index contributed by atoms with van der Waals surface area (Å²) in [5.74, 6) is -0.314. The summed E-state index contributed by atoms with van der Waals surface area (Å²) in [6, 6.07) is 11.1. The van der Waals surface area contributed by atoms with Gasteiger partial charge in [0.05, 0.1) is 9.82 Å². The van der Waals surface area contributed by atoms with Crippen LogP contribution in [0.5, 0.6) is 0 Å². The number of non-ortho nitro benzene ring substituents is 1. The van der Waals surface area contributed by atoms with Crippen molar-refractivity contribution in [2.75, 3.05) is 20.1 Å². The molecule has 1 amide bonds. The lowest BCUT2D eigenvalue weighted by molar-refractivity contribution is -0.385. The van der Waals surface area contributed by atoms with Gasteiger partial charge in [0.1, 0.15) is 0 Å². The lowest BCUT2D eigenvalue weighted by atomic mass is 9.96.